The van der Waals surface area contributed by atoms with E-state index in [9.17, 15) is 5.11 Å². The number of nitrogens with one attached hydrogen (secondary N) is 1. The molecule has 25 heavy (non-hydrogen) atoms. The lowest BCUT2D eigenvalue weighted by Gasteiger charge is -2.51. The first-order valence-corrected chi connectivity index (χ1v) is 10.3. The third kappa shape index (κ3) is 3.82. The standard InChI is InChI=1S/C19H28N4OS/c24-14-17-12-23(11-16-1-10-25-15-16)9-4-19(17)2-7-22(8-3-19)13-18-20-5-6-21-18/h1,5-6,10,15,17,24H,2-4,7-9,11-14H2,(H,20,21)/t17-/m1/s1. The highest BCUT2D eigenvalue weighted by molar-refractivity contribution is 7.07. The van der Waals surface area contributed by atoms with Crippen LogP contribution in [0.25, 0.3) is 0 Å². The summed E-state index contributed by atoms with van der Waals surface area (Å²) in [6, 6.07) is 2.22. The van der Waals surface area contributed by atoms with Crippen LogP contribution in [0.5, 0.6) is 0 Å². The number of aliphatic hydroxyl groups excluding tert-OH is 1. The predicted molar refractivity (Wildman–Crippen MR) is 100 cm³/mol. The first-order chi connectivity index (χ1) is 12.3. The lowest BCUT2D eigenvalue weighted by molar-refractivity contribution is -0.0452. The van der Waals surface area contributed by atoms with Crippen LogP contribution in [0, 0.1) is 11.3 Å². The Hall–Kier alpha value is -1.21. The Morgan fingerprint density at radius 3 is 2.64 bits per heavy atom. The second-order valence-electron chi connectivity index (χ2n) is 7.67. The molecule has 6 heteroatoms. The van der Waals surface area contributed by atoms with E-state index >= 15 is 0 Å². The molecule has 2 aromatic rings. The van der Waals surface area contributed by atoms with E-state index in [1.165, 1.54) is 24.8 Å². The molecule has 2 saturated heterocycles. The van der Waals surface area contributed by atoms with Gasteiger partial charge in [0.1, 0.15) is 5.82 Å². The van der Waals surface area contributed by atoms with Gasteiger partial charge in [-0.05, 0) is 66.7 Å². The molecular formula is C19H28N4OS. The highest BCUT2D eigenvalue weighted by atomic mass is 32.1. The number of thiophene rings is 1. The molecule has 2 aliphatic rings. The first-order valence-electron chi connectivity index (χ1n) is 9.32. The van der Waals surface area contributed by atoms with Gasteiger partial charge in [0.2, 0.25) is 0 Å². The molecule has 2 aromatic heterocycles. The highest BCUT2D eigenvalue weighted by Crippen LogP contribution is 2.45. The van der Waals surface area contributed by atoms with E-state index in [2.05, 4.69) is 36.6 Å². The van der Waals surface area contributed by atoms with E-state index in [0.717, 1.165) is 45.1 Å². The quantitative estimate of drug-likeness (QED) is 0.860. The minimum atomic E-state index is 0.318. The van der Waals surface area contributed by atoms with Crippen molar-refractivity contribution in [3.05, 3.63) is 40.6 Å². The minimum Gasteiger partial charge on any atom is -0.396 e. The van der Waals surface area contributed by atoms with Gasteiger partial charge in [0.25, 0.3) is 0 Å². The van der Waals surface area contributed by atoms with Gasteiger partial charge in [-0.2, -0.15) is 11.3 Å². The van der Waals surface area contributed by atoms with Crippen LogP contribution in [0.4, 0.5) is 0 Å². The maximum atomic E-state index is 10.1. The Kier molecular flexibility index (Phi) is 5.22. The molecule has 0 aromatic carbocycles. The van der Waals surface area contributed by atoms with E-state index in [4.69, 9.17) is 0 Å². The van der Waals surface area contributed by atoms with E-state index in [1.54, 1.807) is 11.3 Å². The van der Waals surface area contributed by atoms with Crippen molar-refractivity contribution in [2.75, 3.05) is 32.8 Å². The number of likely N-dealkylation sites (tertiary alicyclic amines) is 2. The molecule has 1 spiro atoms. The molecule has 136 valence electrons. The number of imidazole rings is 1. The average molecular weight is 361 g/mol. The third-order valence-corrected chi connectivity index (χ3v) is 6.99. The highest BCUT2D eigenvalue weighted by Gasteiger charge is 2.44. The van der Waals surface area contributed by atoms with Crippen molar-refractivity contribution in [1.82, 2.24) is 19.8 Å². The van der Waals surface area contributed by atoms with E-state index in [0.29, 0.717) is 17.9 Å². The van der Waals surface area contributed by atoms with Crippen LogP contribution in [0.2, 0.25) is 0 Å². The predicted octanol–water partition coefficient (Wildman–Crippen LogP) is 2.57. The number of piperidine rings is 2. The van der Waals surface area contributed by atoms with Gasteiger partial charge in [-0.15, -0.1) is 0 Å². The van der Waals surface area contributed by atoms with Crippen LogP contribution in [0.1, 0.15) is 30.7 Å². The summed E-state index contributed by atoms with van der Waals surface area (Å²) in [6.07, 6.45) is 7.34. The van der Waals surface area contributed by atoms with Crippen LogP contribution in [-0.2, 0) is 13.1 Å². The van der Waals surface area contributed by atoms with Gasteiger partial charge in [-0.25, -0.2) is 4.98 Å². The topological polar surface area (TPSA) is 55.4 Å². The summed E-state index contributed by atoms with van der Waals surface area (Å²) in [6.45, 7) is 6.68. The first kappa shape index (κ1) is 17.2. The lowest BCUT2D eigenvalue weighted by atomic mass is 9.64. The molecule has 0 aliphatic carbocycles. The minimum absolute atomic E-state index is 0.318. The maximum Gasteiger partial charge on any atom is 0.120 e. The Morgan fingerprint density at radius 1 is 1.20 bits per heavy atom. The largest absolute Gasteiger partial charge is 0.396 e. The van der Waals surface area contributed by atoms with Crippen LogP contribution >= 0.6 is 11.3 Å². The van der Waals surface area contributed by atoms with Crippen molar-refractivity contribution in [2.45, 2.75) is 32.4 Å². The van der Waals surface area contributed by atoms with Gasteiger partial charge in [-0.1, -0.05) is 0 Å². The monoisotopic (exact) mass is 360 g/mol. The zero-order chi connectivity index (χ0) is 17.1. The zero-order valence-electron chi connectivity index (χ0n) is 14.7. The van der Waals surface area contributed by atoms with Crippen molar-refractivity contribution in [3.8, 4) is 0 Å². The number of hydrogen-bond donors (Lipinski definition) is 2. The molecular weight excluding hydrogens is 332 g/mol. The van der Waals surface area contributed by atoms with Crippen LogP contribution < -0.4 is 0 Å². The summed E-state index contributed by atoms with van der Waals surface area (Å²) in [5.74, 6) is 1.46. The fourth-order valence-electron chi connectivity index (χ4n) is 4.63. The summed E-state index contributed by atoms with van der Waals surface area (Å²) in [7, 11) is 0. The maximum absolute atomic E-state index is 10.1. The Bertz CT molecular complexity index is 626. The van der Waals surface area contributed by atoms with Gasteiger partial charge >= 0.3 is 0 Å². The van der Waals surface area contributed by atoms with Gasteiger partial charge < -0.3 is 10.1 Å². The molecule has 0 radical (unpaired) electrons. The smallest absolute Gasteiger partial charge is 0.120 e. The van der Waals surface area contributed by atoms with Crippen molar-refractivity contribution in [2.24, 2.45) is 11.3 Å². The summed E-state index contributed by atoms with van der Waals surface area (Å²) < 4.78 is 0. The summed E-state index contributed by atoms with van der Waals surface area (Å²) >= 11 is 1.77. The van der Waals surface area contributed by atoms with E-state index in [1.807, 2.05) is 12.4 Å². The normalized spacial score (nSPS) is 24.8. The number of hydrogen-bond acceptors (Lipinski definition) is 5. The van der Waals surface area contributed by atoms with Crippen molar-refractivity contribution in [3.63, 3.8) is 0 Å². The van der Waals surface area contributed by atoms with Crippen molar-refractivity contribution in [1.29, 1.82) is 0 Å². The Labute approximate surface area is 153 Å². The molecule has 2 aliphatic heterocycles. The molecule has 5 nitrogen and oxygen atoms in total. The molecule has 0 saturated carbocycles. The summed E-state index contributed by atoms with van der Waals surface area (Å²) in [4.78, 5) is 12.6. The summed E-state index contributed by atoms with van der Waals surface area (Å²) in [5.41, 5.74) is 1.74. The molecule has 2 fully saturated rings. The number of nitrogens with zero attached hydrogens (tertiary/aromatic N) is 3. The number of aliphatic hydroxyl groups is 1. The fourth-order valence-corrected chi connectivity index (χ4v) is 5.29. The second kappa shape index (κ2) is 7.58. The molecule has 4 rings (SSSR count). The third-order valence-electron chi connectivity index (χ3n) is 6.26. The summed E-state index contributed by atoms with van der Waals surface area (Å²) in [5, 5.41) is 14.5. The Balaban J connectivity index is 1.34. The molecule has 0 amide bonds. The molecule has 1 atom stereocenters. The number of aromatic nitrogens is 2. The lowest BCUT2D eigenvalue weighted by Crippen LogP contribution is -2.53. The van der Waals surface area contributed by atoms with Crippen molar-refractivity contribution >= 4 is 11.3 Å². The Morgan fingerprint density at radius 2 is 2.00 bits per heavy atom. The number of H-pyrrole nitrogens is 1. The van der Waals surface area contributed by atoms with E-state index < -0.39 is 0 Å². The van der Waals surface area contributed by atoms with Crippen LogP contribution in [0.3, 0.4) is 0 Å². The fraction of sp³-hybridized carbons (Fsp3) is 0.632. The van der Waals surface area contributed by atoms with Crippen LogP contribution in [0.15, 0.2) is 29.2 Å². The second-order valence-corrected chi connectivity index (χ2v) is 8.45. The molecule has 2 N–H and O–H groups in total. The van der Waals surface area contributed by atoms with Gasteiger partial charge in [0, 0.05) is 38.0 Å². The number of aromatic amines is 1. The molecule has 0 unspecified atom stereocenters. The zero-order valence-corrected chi connectivity index (χ0v) is 15.5. The van der Waals surface area contributed by atoms with Gasteiger partial charge in [0.15, 0.2) is 0 Å². The van der Waals surface area contributed by atoms with Crippen molar-refractivity contribution < 1.29 is 5.11 Å². The van der Waals surface area contributed by atoms with Gasteiger partial charge in [-0.3, -0.25) is 9.80 Å². The number of rotatable bonds is 5. The SMILES string of the molecule is OC[C@H]1CN(Cc2ccsc2)CCC12CCN(Cc1ncc[nH]1)CC2. The molecule has 0 bridgehead atoms. The van der Waals surface area contributed by atoms with Crippen LogP contribution in [-0.4, -0.2) is 57.7 Å². The molecule has 4 heterocycles. The average Bonchev–Trinajstić information content (AvgIpc) is 3.33. The van der Waals surface area contributed by atoms with E-state index in [-0.39, 0.29) is 0 Å². The van der Waals surface area contributed by atoms with Gasteiger partial charge in [0.05, 0.1) is 6.54 Å².